The fourth-order valence-corrected chi connectivity index (χ4v) is 1.96. The lowest BCUT2D eigenvalue weighted by Gasteiger charge is -2.18. The molecule has 18 heavy (non-hydrogen) atoms. The molecule has 0 saturated carbocycles. The van der Waals surface area contributed by atoms with E-state index in [9.17, 15) is 10.2 Å². The molecule has 5 heteroatoms. The molecule has 0 spiro atoms. The number of phenolic OH excluding ortho intramolecular Hbond substituents is 2. The van der Waals surface area contributed by atoms with Gasteiger partial charge in [0.15, 0.2) is 5.15 Å². The molecule has 1 unspecified atom stereocenters. The second kappa shape index (κ2) is 5.14. The molecule has 0 radical (unpaired) electrons. The number of nitrogens with one attached hydrogen (secondary N) is 1. The van der Waals surface area contributed by atoms with Crippen LogP contribution in [0.3, 0.4) is 0 Å². The summed E-state index contributed by atoms with van der Waals surface area (Å²) in [5.41, 5.74) is 1.08. The number of aromatic nitrogens is 1. The highest BCUT2D eigenvalue weighted by molar-refractivity contribution is 6.31. The lowest BCUT2D eigenvalue weighted by molar-refractivity contribution is 0.434. The largest absolute Gasteiger partial charge is 0.507 e. The first kappa shape index (κ1) is 12.5. The van der Waals surface area contributed by atoms with Gasteiger partial charge in [-0.05, 0) is 31.2 Å². The normalized spacial score (nSPS) is 12.1. The zero-order valence-corrected chi connectivity index (χ0v) is 10.5. The average Bonchev–Trinajstić information content (AvgIpc) is 2.32. The first-order valence-corrected chi connectivity index (χ1v) is 5.85. The first-order valence-electron chi connectivity index (χ1n) is 5.47. The number of benzene rings is 1. The molecule has 3 N–H and O–H groups in total. The molecule has 2 aromatic rings. The maximum atomic E-state index is 9.76. The van der Waals surface area contributed by atoms with Crippen LogP contribution in [0.25, 0.3) is 0 Å². The minimum absolute atomic E-state index is 0.0370. The maximum Gasteiger partial charge on any atom is 0.152 e. The maximum absolute atomic E-state index is 9.76. The Kier molecular flexibility index (Phi) is 3.58. The van der Waals surface area contributed by atoms with Gasteiger partial charge in [0.25, 0.3) is 0 Å². The van der Waals surface area contributed by atoms with E-state index in [0.717, 1.165) is 0 Å². The second-order valence-electron chi connectivity index (χ2n) is 3.92. The van der Waals surface area contributed by atoms with Crippen molar-refractivity contribution in [2.45, 2.75) is 13.0 Å². The van der Waals surface area contributed by atoms with Gasteiger partial charge < -0.3 is 15.5 Å². The van der Waals surface area contributed by atoms with Crippen molar-refractivity contribution in [3.8, 4) is 11.5 Å². The Hall–Kier alpha value is -1.94. The van der Waals surface area contributed by atoms with Crippen LogP contribution in [-0.2, 0) is 0 Å². The van der Waals surface area contributed by atoms with E-state index in [2.05, 4.69) is 10.3 Å². The Balaban J connectivity index is 2.28. The SMILES string of the molecule is CC(Nc1cccnc1Cl)c1c(O)cccc1O. The highest BCUT2D eigenvalue weighted by Crippen LogP contribution is 2.34. The van der Waals surface area contributed by atoms with E-state index in [1.807, 2.05) is 6.92 Å². The van der Waals surface area contributed by atoms with E-state index < -0.39 is 0 Å². The predicted molar refractivity (Wildman–Crippen MR) is 71.1 cm³/mol. The Labute approximate surface area is 110 Å². The van der Waals surface area contributed by atoms with Gasteiger partial charge in [-0.3, -0.25) is 0 Å². The van der Waals surface area contributed by atoms with Gasteiger partial charge in [-0.1, -0.05) is 17.7 Å². The van der Waals surface area contributed by atoms with Crippen LogP contribution in [0.5, 0.6) is 11.5 Å². The molecule has 94 valence electrons. The van der Waals surface area contributed by atoms with Crippen molar-refractivity contribution in [2.24, 2.45) is 0 Å². The van der Waals surface area contributed by atoms with E-state index in [1.54, 1.807) is 24.4 Å². The minimum atomic E-state index is -0.298. The van der Waals surface area contributed by atoms with Crippen LogP contribution in [0.2, 0.25) is 5.15 Å². The third-order valence-corrected chi connectivity index (χ3v) is 2.93. The van der Waals surface area contributed by atoms with Gasteiger partial charge in [0, 0.05) is 6.20 Å². The summed E-state index contributed by atoms with van der Waals surface area (Å²) in [5.74, 6) is 0.0741. The topological polar surface area (TPSA) is 65.4 Å². The standard InChI is InChI=1S/C13H13ClN2O2/c1-8(12-10(17)5-2-6-11(12)18)16-9-4-3-7-15-13(9)14/h2-8,16-18H,1H3. The number of anilines is 1. The highest BCUT2D eigenvalue weighted by Gasteiger charge is 2.15. The molecule has 1 atom stereocenters. The average molecular weight is 265 g/mol. The van der Waals surface area contributed by atoms with Crippen LogP contribution in [-0.4, -0.2) is 15.2 Å². The summed E-state index contributed by atoms with van der Waals surface area (Å²) in [5, 5.41) is 23.0. The summed E-state index contributed by atoms with van der Waals surface area (Å²) in [7, 11) is 0. The molecule has 0 fully saturated rings. The lowest BCUT2D eigenvalue weighted by atomic mass is 10.1. The summed E-state index contributed by atoms with van der Waals surface area (Å²) >= 11 is 5.94. The number of phenols is 2. The molecule has 1 aromatic carbocycles. The van der Waals surface area contributed by atoms with Gasteiger partial charge in [-0.25, -0.2) is 4.98 Å². The summed E-state index contributed by atoms with van der Waals surface area (Å²) in [6.45, 7) is 1.82. The van der Waals surface area contributed by atoms with Crippen LogP contribution in [0.4, 0.5) is 5.69 Å². The molecule has 0 aliphatic carbocycles. The van der Waals surface area contributed by atoms with E-state index >= 15 is 0 Å². The number of nitrogens with zero attached hydrogens (tertiary/aromatic N) is 1. The molecular formula is C13H13ClN2O2. The van der Waals surface area contributed by atoms with Crippen LogP contribution < -0.4 is 5.32 Å². The third kappa shape index (κ3) is 2.49. The van der Waals surface area contributed by atoms with Gasteiger partial charge in [-0.15, -0.1) is 0 Å². The van der Waals surface area contributed by atoms with Crippen molar-refractivity contribution in [3.63, 3.8) is 0 Å². The van der Waals surface area contributed by atoms with Crippen molar-refractivity contribution in [1.29, 1.82) is 0 Å². The van der Waals surface area contributed by atoms with E-state index in [4.69, 9.17) is 11.6 Å². The quantitative estimate of drug-likeness (QED) is 0.744. The number of pyridine rings is 1. The number of aromatic hydroxyl groups is 2. The van der Waals surface area contributed by atoms with Gasteiger partial charge >= 0.3 is 0 Å². The lowest BCUT2D eigenvalue weighted by Crippen LogP contribution is -2.07. The number of rotatable bonds is 3. The zero-order valence-electron chi connectivity index (χ0n) is 9.76. The van der Waals surface area contributed by atoms with Crippen LogP contribution in [0.15, 0.2) is 36.5 Å². The van der Waals surface area contributed by atoms with E-state index in [-0.39, 0.29) is 17.5 Å². The van der Waals surface area contributed by atoms with Crippen LogP contribution >= 0.6 is 11.6 Å². The molecule has 2 rings (SSSR count). The fraction of sp³-hybridized carbons (Fsp3) is 0.154. The second-order valence-corrected chi connectivity index (χ2v) is 4.28. The third-order valence-electron chi connectivity index (χ3n) is 2.62. The summed E-state index contributed by atoms with van der Waals surface area (Å²) in [6.07, 6.45) is 1.59. The number of halogens is 1. The Morgan fingerprint density at radius 1 is 1.17 bits per heavy atom. The van der Waals surface area contributed by atoms with Crippen LogP contribution in [0, 0.1) is 0 Å². The number of hydrogen-bond acceptors (Lipinski definition) is 4. The molecular weight excluding hydrogens is 252 g/mol. The Bertz CT molecular complexity index is 540. The smallest absolute Gasteiger partial charge is 0.152 e. The molecule has 1 aromatic heterocycles. The molecule has 1 heterocycles. The molecule has 0 amide bonds. The number of hydrogen-bond donors (Lipinski definition) is 3. The predicted octanol–water partition coefficient (Wildman–Crippen LogP) is 3.32. The highest BCUT2D eigenvalue weighted by atomic mass is 35.5. The van der Waals surface area contributed by atoms with Crippen molar-refractivity contribution < 1.29 is 10.2 Å². The summed E-state index contributed by atoms with van der Waals surface area (Å²) < 4.78 is 0. The van der Waals surface area contributed by atoms with Gasteiger partial charge in [-0.2, -0.15) is 0 Å². The van der Waals surface area contributed by atoms with E-state index in [1.165, 1.54) is 12.1 Å². The molecule has 4 nitrogen and oxygen atoms in total. The van der Waals surface area contributed by atoms with Crippen molar-refractivity contribution in [3.05, 3.63) is 47.2 Å². The molecule has 0 bridgehead atoms. The Morgan fingerprint density at radius 2 is 1.83 bits per heavy atom. The summed E-state index contributed by atoms with van der Waals surface area (Å²) in [6, 6.07) is 7.87. The van der Waals surface area contributed by atoms with Crippen molar-refractivity contribution in [1.82, 2.24) is 4.98 Å². The molecule has 0 aliphatic heterocycles. The molecule has 0 aliphatic rings. The van der Waals surface area contributed by atoms with E-state index in [0.29, 0.717) is 16.4 Å². The summed E-state index contributed by atoms with van der Waals surface area (Å²) in [4.78, 5) is 3.95. The Morgan fingerprint density at radius 3 is 2.44 bits per heavy atom. The fourth-order valence-electron chi connectivity index (χ4n) is 1.78. The van der Waals surface area contributed by atoms with Gasteiger partial charge in [0.2, 0.25) is 0 Å². The first-order chi connectivity index (χ1) is 8.59. The van der Waals surface area contributed by atoms with Crippen molar-refractivity contribution >= 4 is 17.3 Å². The zero-order chi connectivity index (χ0) is 13.1. The van der Waals surface area contributed by atoms with Gasteiger partial charge in [0.05, 0.1) is 17.3 Å². The van der Waals surface area contributed by atoms with Crippen molar-refractivity contribution in [2.75, 3.05) is 5.32 Å². The monoisotopic (exact) mass is 264 g/mol. The minimum Gasteiger partial charge on any atom is -0.507 e. The van der Waals surface area contributed by atoms with Gasteiger partial charge in [0.1, 0.15) is 11.5 Å². The van der Waals surface area contributed by atoms with Crippen LogP contribution in [0.1, 0.15) is 18.5 Å². The molecule has 0 saturated heterocycles.